The lowest BCUT2D eigenvalue weighted by atomic mass is 9.46. The Morgan fingerprint density at radius 2 is 1.96 bits per heavy atom. The van der Waals surface area contributed by atoms with E-state index in [4.69, 9.17) is 11.6 Å². The second-order valence-electron chi connectivity index (χ2n) is 8.40. The van der Waals surface area contributed by atoms with Crippen LogP contribution >= 0.6 is 11.6 Å². The van der Waals surface area contributed by atoms with Gasteiger partial charge in [-0.15, -0.1) is 0 Å². The number of nitrogens with one attached hydrogen (secondary N) is 1. The molecule has 4 heteroatoms. The summed E-state index contributed by atoms with van der Waals surface area (Å²) < 4.78 is 0. The van der Waals surface area contributed by atoms with E-state index in [-0.39, 0.29) is 11.2 Å². The van der Waals surface area contributed by atoms with E-state index in [1.165, 1.54) is 19.3 Å². The summed E-state index contributed by atoms with van der Waals surface area (Å²) in [5, 5.41) is 24.7. The highest BCUT2D eigenvalue weighted by Crippen LogP contribution is 2.62. The van der Waals surface area contributed by atoms with Crippen LogP contribution < -0.4 is 5.32 Å². The maximum atomic E-state index is 10.9. The van der Waals surface area contributed by atoms with E-state index in [2.05, 4.69) is 12.2 Å². The Hall–Kier alpha value is -0.770. The summed E-state index contributed by atoms with van der Waals surface area (Å²) >= 11 is 6.19. The third-order valence-electron chi connectivity index (χ3n) is 6.65. The minimum atomic E-state index is -0.414. The minimum absolute atomic E-state index is 0.141. The van der Waals surface area contributed by atoms with E-state index in [0.29, 0.717) is 29.4 Å². The number of hydrogen-bond acceptors (Lipinski definition) is 3. The smallest absolute Gasteiger partial charge is 0.134 e. The predicted molar refractivity (Wildman–Crippen MR) is 91.5 cm³/mol. The molecule has 0 amide bonds. The molecule has 0 aliphatic heterocycles. The van der Waals surface area contributed by atoms with Crippen molar-refractivity contribution < 1.29 is 10.2 Å². The van der Waals surface area contributed by atoms with Crippen molar-refractivity contribution in [3.8, 4) is 5.75 Å². The number of halogens is 1. The van der Waals surface area contributed by atoms with Crippen LogP contribution in [0.4, 0.5) is 0 Å². The zero-order chi connectivity index (χ0) is 16.2. The predicted octanol–water partition coefficient (Wildman–Crippen LogP) is 3.86. The summed E-state index contributed by atoms with van der Waals surface area (Å²) in [4.78, 5) is 0. The average molecular weight is 336 g/mol. The van der Waals surface area contributed by atoms with Gasteiger partial charge in [0.15, 0.2) is 0 Å². The second-order valence-corrected chi connectivity index (χ2v) is 8.78. The lowest BCUT2D eigenvalue weighted by Crippen LogP contribution is -2.61. The van der Waals surface area contributed by atoms with Crippen LogP contribution in [0.25, 0.3) is 0 Å². The van der Waals surface area contributed by atoms with Crippen molar-refractivity contribution >= 4 is 11.6 Å². The van der Waals surface area contributed by atoms with E-state index in [0.717, 1.165) is 24.8 Å². The minimum Gasteiger partial charge on any atom is -0.506 e. The summed E-state index contributed by atoms with van der Waals surface area (Å²) in [5.74, 6) is 1.55. The van der Waals surface area contributed by atoms with Crippen molar-refractivity contribution in [2.45, 2.75) is 63.6 Å². The Labute approximate surface area is 143 Å². The van der Waals surface area contributed by atoms with E-state index in [1.807, 2.05) is 12.1 Å². The van der Waals surface area contributed by atoms with Crippen molar-refractivity contribution in [1.82, 2.24) is 5.32 Å². The molecule has 3 nitrogen and oxygen atoms in total. The van der Waals surface area contributed by atoms with E-state index >= 15 is 0 Å². The lowest BCUT2D eigenvalue weighted by molar-refractivity contribution is -0.172. The van der Waals surface area contributed by atoms with Gasteiger partial charge in [0.25, 0.3) is 0 Å². The molecule has 5 rings (SSSR count). The van der Waals surface area contributed by atoms with Gasteiger partial charge in [-0.05, 0) is 74.3 Å². The number of phenols is 1. The Morgan fingerprint density at radius 1 is 1.26 bits per heavy atom. The molecule has 126 valence electrons. The monoisotopic (exact) mass is 335 g/mol. The molecule has 0 aromatic heterocycles. The molecule has 3 atom stereocenters. The zero-order valence-corrected chi connectivity index (χ0v) is 14.4. The van der Waals surface area contributed by atoms with Gasteiger partial charge in [-0.1, -0.05) is 23.7 Å². The molecular formula is C19H26ClNO2. The van der Waals surface area contributed by atoms with Crippen LogP contribution in [0.15, 0.2) is 18.2 Å². The first kappa shape index (κ1) is 15.7. The number of hydrogen-bond donors (Lipinski definition) is 3. The third-order valence-corrected chi connectivity index (χ3v) is 7.09. The van der Waals surface area contributed by atoms with Crippen LogP contribution in [0, 0.1) is 17.3 Å². The van der Waals surface area contributed by atoms with Crippen LogP contribution in [0.1, 0.15) is 51.0 Å². The molecule has 4 bridgehead atoms. The first-order valence-electron chi connectivity index (χ1n) is 8.81. The zero-order valence-electron chi connectivity index (χ0n) is 13.7. The fourth-order valence-electron chi connectivity index (χ4n) is 5.97. The van der Waals surface area contributed by atoms with Crippen molar-refractivity contribution in [1.29, 1.82) is 0 Å². The van der Waals surface area contributed by atoms with Crippen molar-refractivity contribution in [2.75, 3.05) is 0 Å². The topological polar surface area (TPSA) is 52.5 Å². The van der Waals surface area contributed by atoms with Crippen LogP contribution in [-0.2, 0) is 6.54 Å². The van der Waals surface area contributed by atoms with Crippen LogP contribution in [0.3, 0.4) is 0 Å². The van der Waals surface area contributed by atoms with Crippen molar-refractivity contribution in [3.05, 3.63) is 28.8 Å². The molecule has 1 aromatic carbocycles. The Balaban J connectivity index is 1.49. The van der Waals surface area contributed by atoms with Gasteiger partial charge in [-0.25, -0.2) is 0 Å². The highest BCUT2D eigenvalue weighted by Gasteiger charge is 2.58. The molecule has 0 radical (unpaired) electrons. The van der Waals surface area contributed by atoms with Crippen LogP contribution in [0.5, 0.6) is 5.75 Å². The van der Waals surface area contributed by atoms with Gasteiger partial charge in [0.05, 0.1) is 10.6 Å². The van der Waals surface area contributed by atoms with Gasteiger partial charge in [-0.3, -0.25) is 0 Å². The maximum absolute atomic E-state index is 10.9. The molecule has 1 aromatic rings. The number of phenolic OH excluding ortho intramolecular Hbond substituents is 1. The normalized spacial score (nSPS) is 39.6. The summed E-state index contributed by atoms with van der Waals surface area (Å²) in [6, 6.07) is 5.74. The molecule has 4 fully saturated rings. The van der Waals surface area contributed by atoms with Gasteiger partial charge >= 0.3 is 0 Å². The molecular weight excluding hydrogens is 310 g/mol. The Morgan fingerprint density at radius 3 is 2.61 bits per heavy atom. The van der Waals surface area contributed by atoms with Crippen LogP contribution in [0.2, 0.25) is 5.02 Å². The molecule has 23 heavy (non-hydrogen) atoms. The average Bonchev–Trinajstić information content (AvgIpc) is 2.46. The van der Waals surface area contributed by atoms with E-state index in [1.54, 1.807) is 6.07 Å². The molecule has 4 aliphatic carbocycles. The molecule has 0 saturated heterocycles. The molecule has 0 heterocycles. The molecule has 3 unspecified atom stereocenters. The third kappa shape index (κ3) is 2.67. The highest BCUT2D eigenvalue weighted by molar-refractivity contribution is 6.32. The first-order valence-corrected chi connectivity index (χ1v) is 9.19. The Bertz CT molecular complexity index is 603. The number of aliphatic hydroxyl groups is 1. The largest absolute Gasteiger partial charge is 0.506 e. The van der Waals surface area contributed by atoms with Gasteiger partial charge in [-0.2, -0.15) is 0 Å². The summed E-state index contributed by atoms with van der Waals surface area (Å²) in [6.45, 7) is 2.91. The van der Waals surface area contributed by atoms with Gasteiger partial charge in [0.2, 0.25) is 0 Å². The highest BCUT2D eigenvalue weighted by atomic mass is 35.5. The quantitative estimate of drug-likeness (QED) is 0.783. The van der Waals surface area contributed by atoms with Crippen molar-refractivity contribution in [2.24, 2.45) is 17.3 Å². The van der Waals surface area contributed by atoms with E-state index < -0.39 is 5.60 Å². The summed E-state index contributed by atoms with van der Waals surface area (Å²) in [5.41, 5.74) is 0.743. The van der Waals surface area contributed by atoms with E-state index in [9.17, 15) is 10.2 Å². The summed E-state index contributed by atoms with van der Waals surface area (Å²) in [6.07, 6.45) is 6.76. The maximum Gasteiger partial charge on any atom is 0.134 e. The Kier molecular flexibility index (Phi) is 3.67. The molecule has 4 aliphatic rings. The molecule has 4 saturated carbocycles. The number of aromatic hydroxyl groups is 1. The standard InChI is InChI=1S/C19H26ClNO2/c1-12(21-10-15-3-2-4-16(22)17(15)20)18-6-13-5-14(7-18)9-19(23,8-13)11-18/h2-4,12-14,21-23H,5-11H2,1H3. The van der Waals surface area contributed by atoms with Gasteiger partial charge in [0.1, 0.15) is 5.75 Å². The molecule has 3 N–H and O–H groups in total. The van der Waals surface area contributed by atoms with Gasteiger partial charge in [0, 0.05) is 12.6 Å². The fraction of sp³-hybridized carbons (Fsp3) is 0.684. The molecule has 0 spiro atoms. The van der Waals surface area contributed by atoms with Gasteiger partial charge < -0.3 is 15.5 Å². The summed E-state index contributed by atoms with van der Waals surface area (Å²) in [7, 11) is 0. The van der Waals surface area contributed by atoms with Crippen LogP contribution in [-0.4, -0.2) is 21.9 Å². The second kappa shape index (κ2) is 5.37. The SMILES string of the molecule is CC(NCc1cccc(O)c1Cl)C12CC3CC(CC(O)(C3)C1)C2. The van der Waals surface area contributed by atoms with Crippen molar-refractivity contribution in [3.63, 3.8) is 0 Å². The number of rotatable bonds is 4. The first-order chi connectivity index (χ1) is 10.9. The number of benzene rings is 1. The fourth-order valence-corrected chi connectivity index (χ4v) is 6.17. The lowest BCUT2D eigenvalue weighted by Gasteiger charge is -2.62.